The van der Waals surface area contributed by atoms with Crippen molar-refractivity contribution >= 4 is 10.1 Å². The zero-order valence-corrected chi connectivity index (χ0v) is 17.4. The summed E-state index contributed by atoms with van der Waals surface area (Å²) in [6.07, 6.45) is 0. The normalized spacial score (nSPS) is 10.6. The smallest absolute Gasteiger partial charge is 0.362 e. The van der Waals surface area contributed by atoms with Crippen molar-refractivity contribution in [3.63, 3.8) is 0 Å². The topological polar surface area (TPSA) is 66.4 Å². The molecule has 3 aromatic rings. The van der Waals surface area contributed by atoms with Gasteiger partial charge in [0.2, 0.25) is 3.57 Å². The second kappa shape index (κ2) is 9.70. The summed E-state index contributed by atoms with van der Waals surface area (Å²) in [5.41, 5.74) is 0.928. The lowest BCUT2D eigenvalue weighted by Crippen LogP contribution is -3.61. The Morgan fingerprint density at radius 1 is 0.846 bits per heavy atom. The molecule has 0 amide bonds. The van der Waals surface area contributed by atoms with Crippen LogP contribution in [0.25, 0.3) is 0 Å². The van der Waals surface area contributed by atoms with E-state index in [0.717, 1.165) is 11.3 Å². The highest BCUT2D eigenvalue weighted by Crippen LogP contribution is 2.08. The molecule has 4 nitrogen and oxygen atoms in total. The third-order valence-electron chi connectivity index (χ3n) is 3.31. The van der Waals surface area contributed by atoms with Gasteiger partial charge in [-0.2, -0.15) is 0 Å². The molecule has 136 valence electrons. The lowest BCUT2D eigenvalue weighted by atomic mass is 10.2. The highest BCUT2D eigenvalue weighted by molar-refractivity contribution is 7.85. The van der Waals surface area contributed by atoms with Crippen LogP contribution >= 0.6 is 0 Å². The van der Waals surface area contributed by atoms with E-state index in [1.165, 1.54) is 19.3 Å². The van der Waals surface area contributed by atoms with Crippen LogP contribution in [-0.4, -0.2) is 20.1 Å². The maximum atomic E-state index is 10.4. The molecule has 0 unspecified atom stereocenters. The average molecular weight is 482 g/mol. The van der Waals surface area contributed by atoms with Gasteiger partial charge in [0.05, 0.1) is 12.0 Å². The zero-order chi connectivity index (χ0) is 19.0. The van der Waals surface area contributed by atoms with Gasteiger partial charge in [-0.15, -0.1) is 0 Å². The van der Waals surface area contributed by atoms with Crippen LogP contribution in [0.15, 0.2) is 83.8 Å². The molecule has 0 spiro atoms. The van der Waals surface area contributed by atoms with Crippen molar-refractivity contribution in [1.82, 2.24) is 0 Å². The predicted octanol–water partition coefficient (Wildman–Crippen LogP) is 0.723. The van der Waals surface area contributed by atoms with Crippen LogP contribution in [-0.2, 0) is 10.1 Å². The van der Waals surface area contributed by atoms with Gasteiger partial charge in [-0.05, 0) is 43.3 Å². The van der Waals surface area contributed by atoms with Gasteiger partial charge in [-0.3, -0.25) is 0 Å². The highest BCUT2D eigenvalue weighted by atomic mass is 127. The van der Waals surface area contributed by atoms with Crippen molar-refractivity contribution < 1.29 is 38.9 Å². The molecule has 0 N–H and O–H groups in total. The number of aryl methyl sites for hydroxylation is 1. The molecule has 0 atom stereocenters. The Morgan fingerprint density at radius 2 is 1.42 bits per heavy atom. The molecule has 0 aliphatic carbocycles. The van der Waals surface area contributed by atoms with Crippen LogP contribution in [0.4, 0.5) is 0 Å². The number of ether oxygens (including phenoxy) is 1. The summed E-state index contributed by atoms with van der Waals surface area (Å²) in [6, 6.07) is 24.6. The zero-order valence-electron chi connectivity index (χ0n) is 14.4. The summed E-state index contributed by atoms with van der Waals surface area (Å²) in [6.45, 7) is 1.82. The number of methoxy groups -OCH3 is 1. The van der Waals surface area contributed by atoms with Crippen LogP contribution in [0.3, 0.4) is 0 Å². The van der Waals surface area contributed by atoms with Crippen LogP contribution in [0.2, 0.25) is 0 Å². The third kappa shape index (κ3) is 6.44. The highest BCUT2D eigenvalue weighted by Gasteiger charge is 2.19. The molecule has 0 aromatic heterocycles. The number of hydrogen-bond acceptors (Lipinski definition) is 4. The summed E-state index contributed by atoms with van der Waals surface area (Å²) in [4.78, 5) is -0.178. The fourth-order valence-electron chi connectivity index (χ4n) is 1.99. The predicted molar refractivity (Wildman–Crippen MR) is 96.0 cm³/mol. The SMILES string of the molecule is COc1ccccc1[I+]c1ccccc1.Cc1ccc(S(=O)(=O)[O-])cc1. The summed E-state index contributed by atoms with van der Waals surface area (Å²) < 4.78 is 39.3. The van der Waals surface area contributed by atoms with E-state index in [4.69, 9.17) is 4.74 Å². The van der Waals surface area contributed by atoms with Crippen LogP contribution < -0.4 is 25.9 Å². The average Bonchev–Trinajstić information content (AvgIpc) is 2.63. The van der Waals surface area contributed by atoms with E-state index in [0.29, 0.717) is 0 Å². The van der Waals surface area contributed by atoms with Gasteiger partial charge >= 0.3 is 21.2 Å². The summed E-state index contributed by atoms with van der Waals surface area (Å²) in [7, 11) is -2.54. The molecule has 0 heterocycles. The van der Waals surface area contributed by atoms with Crippen LogP contribution in [0, 0.1) is 14.1 Å². The Balaban J connectivity index is 0.000000197. The van der Waals surface area contributed by atoms with E-state index in [9.17, 15) is 13.0 Å². The largest absolute Gasteiger partial charge is 0.744 e. The number of benzene rings is 3. The van der Waals surface area contributed by atoms with Crippen molar-refractivity contribution in [2.45, 2.75) is 11.8 Å². The first-order valence-electron chi connectivity index (χ1n) is 7.75. The van der Waals surface area contributed by atoms with Crippen molar-refractivity contribution in [3.05, 3.63) is 91.6 Å². The summed E-state index contributed by atoms with van der Waals surface area (Å²) in [5, 5.41) is 0. The van der Waals surface area contributed by atoms with Gasteiger partial charge in [-0.25, -0.2) is 8.42 Å². The van der Waals surface area contributed by atoms with Gasteiger partial charge in [-0.1, -0.05) is 48.0 Å². The van der Waals surface area contributed by atoms with Gasteiger partial charge in [0.15, 0.2) is 9.32 Å². The molecule has 0 aliphatic rings. The number of para-hydroxylation sites is 1. The fourth-order valence-corrected chi connectivity index (χ4v) is 4.96. The van der Waals surface area contributed by atoms with E-state index >= 15 is 0 Å². The van der Waals surface area contributed by atoms with Gasteiger partial charge < -0.3 is 9.29 Å². The minimum Gasteiger partial charge on any atom is -0.744 e. The van der Waals surface area contributed by atoms with Crippen molar-refractivity contribution in [3.8, 4) is 5.75 Å². The molecule has 6 heteroatoms. The van der Waals surface area contributed by atoms with E-state index in [2.05, 4.69) is 42.5 Å². The van der Waals surface area contributed by atoms with E-state index in [-0.39, 0.29) is 26.1 Å². The second-order valence-corrected chi connectivity index (χ2v) is 9.62. The minimum absolute atomic E-state index is 0.124. The standard InChI is InChI=1S/C13H12IO.C7H8O3S/c1-15-13-10-6-5-9-12(13)14-11-7-3-2-4-8-11;1-6-2-4-7(5-3-6)11(8,9)10/h2-10H,1H3;2-5H,1H3,(H,8,9,10)/q+1;/p-1. The molecule has 0 radical (unpaired) electrons. The van der Waals surface area contributed by atoms with Crippen LogP contribution in [0.1, 0.15) is 5.56 Å². The number of halogens is 1. The lowest BCUT2D eigenvalue weighted by Gasteiger charge is -2.05. The Bertz CT molecular complexity index is 924. The first kappa shape index (κ1) is 20.4. The van der Waals surface area contributed by atoms with E-state index in [1.54, 1.807) is 19.2 Å². The maximum absolute atomic E-state index is 10.4. The maximum Gasteiger partial charge on any atom is 0.362 e. The van der Waals surface area contributed by atoms with Gasteiger partial charge in [0.25, 0.3) is 0 Å². The molecule has 3 aromatic carbocycles. The molecule has 0 bridgehead atoms. The Labute approximate surface area is 164 Å². The molecule has 26 heavy (non-hydrogen) atoms. The van der Waals surface area contributed by atoms with Gasteiger partial charge in [0, 0.05) is 0 Å². The first-order valence-corrected chi connectivity index (χ1v) is 11.3. The number of rotatable bonds is 4. The lowest BCUT2D eigenvalue weighted by molar-refractivity contribution is -0.598. The summed E-state index contributed by atoms with van der Waals surface area (Å²) >= 11 is -0.124. The van der Waals surface area contributed by atoms with Crippen molar-refractivity contribution in [2.24, 2.45) is 0 Å². The minimum atomic E-state index is -4.27. The monoisotopic (exact) mass is 482 g/mol. The van der Waals surface area contributed by atoms with Crippen molar-refractivity contribution in [2.75, 3.05) is 7.11 Å². The number of hydrogen-bond donors (Lipinski definition) is 0. The Morgan fingerprint density at radius 3 is 2.00 bits per heavy atom. The molecule has 3 rings (SSSR count). The molecular weight excluding hydrogens is 463 g/mol. The molecule has 0 saturated carbocycles. The van der Waals surface area contributed by atoms with E-state index in [1.807, 2.05) is 19.1 Å². The Hall–Kier alpha value is -1.90. The van der Waals surface area contributed by atoms with Crippen molar-refractivity contribution in [1.29, 1.82) is 0 Å². The molecular formula is C20H19IO4S. The molecule has 0 fully saturated rings. The molecule has 0 aliphatic heterocycles. The quantitative estimate of drug-likeness (QED) is 0.406. The van der Waals surface area contributed by atoms with Gasteiger partial charge in [0.1, 0.15) is 10.1 Å². The second-order valence-electron chi connectivity index (χ2n) is 5.29. The molecule has 0 saturated heterocycles. The third-order valence-corrected chi connectivity index (χ3v) is 6.97. The first-order chi connectivity index (χ1) is 12.4. The van der Waals surface area contributed by atoms with E-state index < -0.39 is 10.1 Å². The summed E-state index contributed by atoms with van der Waals surface area (Å²) in [5.74, 6) is 1.01. The fraction of sp³-hybridized carbons (Fsp3) is 0.100. The van der Waals surface area contributed by atoms with Crippen LogP contribution in [0.5, 0.6) is 5.75 Å². The Kier molecular flexibility index (Phi) is 7.62.